The summed E-state index contributed by atoms with van der Waals surface area (Å²) in [4.78, 5) is 36.1. The lowest BCUT2D eigenvalue weighted by Crippen LogP contribution is -2.33. The number of hydrogen-bond donors (Lipinski definition) is 3. The fourth-order valence-corrected chi connectivity index (χ4v) is 2.25. The lowest BCUT2D eigenvalue weighted by Gasteiger charge is -2.12. The van der Waals surface area contributed by atoms with Crippen molar-refractivity contribution in [3.05, 3.63) is 29.3 Å². The number of carbonyl (C=O) groups is 3. The van der Waals surface area contributed by atoms with E-state index in [0.717, 1.165) is 11.3 Å². The third-order valence-electron chi connectivity index (χ3n) is 3.46. The Morgan fingerprint density at radius 1 is 1.31 bits per heavy atom. The molecule has 3 N–H and O–H groups in total. The normalized spacial score (nSPS) is 17.3. The lowest BCUT2D eigenvalue weighted by atomic mass is 10.1. The molecule has 0 aromatic heterocycles. The van der Waals surface area contributed by atoms with Crippen molar-refractivity contribution >= 4 is 35.1 Å². The number of aryl methyl sites for hydroxylation is 1. The van der Waals surface area contributed by atoms with Gasteiger partial charge in [-0.2, -0.15) is 5.10 Å². The van der Waals surface area contributed by atoms with Crippen LogP contribution < -0.4 is 16.0 Å². The van der Waals surface area contributed by atoms with Crippen LogP contribution in [0.15, 0.2) is 28.4 Å². The quantitative estimate of drug-likeness (QED) is 0.410. The van der Waals surface area contributed by atoms with E-state index in [4.69, 9.17) is 4.74 Å². The molecule has 1 saturated heterocycles. The van der Waals surface area contributed by atoms with Gasteiger partial charge < -0.3 is 15.4 Å². The summed E-state index contributed by atoms with van der Waals surface area (Å²) in [5.74, 6) is -1.16. The minimum absolute atomic E-state index is 0.131. The van der Waals surface area contributed by atoms with Crippen molar-refractivity contribution in [3.63, 3.8) is 0 Å². The minimum atomic E-state index is -0.770. The summed E-state index contributed by atoms with van der Waals surface area (Å²) < 4.78 is 4.73. The van der Waals surface area contributed by atoms with E-state index < -0.39 is 17.9 Å². The summed E-state index contributed by atoms with van der Waals surface area (Å²) in [6.07, 6.45) is -0.131. The number of nitrogens with zero attached hydrogens (tertiary/aromatic N) is 2. The molecule has 1 unspecified atom stereocenters. The van der Waals surface area contributed by atoms with Crippen molar-refractivity contribution in [1.29, 1.82) is 0 Å². The molecule has 1 fully saturated rings. The highest BCUT2D eigenvalue weighted by Crippen LogP contribution is 2.19. The Morgan fingerprint density at radius 2 is 2.04 bits per heavy atom. The molecule has 0 spiro atoms. The van der Waals surface area contributed by atoms with Gasteiger partial charge in [-0.05, 0) is 32.9 Å². The number of hydrogen-bond acceptors (Lipinski definition) is 6. The molecule has 2 amide bonds. The van der Waals surface area contributed by atoms with Gasteiger partial charge in [-0.3, -0.25) is 14.9 Å². The number of anilines is 1. The fourth-order valence-electron chi connectivity index (χ4n) is 2.25. The average Bonchev–Trinajstić information content (AvgIpc) is 2.93. The maximum atomic E-state index is 12.3. The zero-order valence-electron chi connectivity index (χ0n) is 15.0. The second-order valence-corrected chi connectivity index (χ2v) is 5.97. The van der Waals surface area contributed by atoms with E-state index in [0.29, 0.717) is 5.69 Å². The van der Waals surface area contributed by atoms with Gasteiger partial charge in [-0.1, -0.05) is 11.6 Å². The summed E-state index contributed by atoms with van der Waals surface area (Å²) >= 11 is 0. The molecule has 0 bridgehead atoms. The highest BCUT2D eigenvalue weighted by atomic mass is 16.5. The summed E-state index contributed by atoms with van der Waals surface area (Å²) in [6.45, 7) is 5.37. The average molecular weight is 359 g/mol. The monoisotopic (exact) mass is 359 g/mol. The Hall–Kier alpha value is -3.23. The smallest absolute Gasteiger partial charge is 0.339 e. The number of methoxy groups -OCH3 is 1. The van der Waals surface area contributed by atoms with Crippen LogP contribution in [0, 0.1) is 6.92 Å². The van der Waals surface area contributed by atoms with Crippen LogP contribution in [0.5, 0.6) is 0 Å². The van der Waals surface area contributed by atoms with Crippen molar-refractivity contribution < 1.29 is 19.1 Å². The Labute approximate surface area is 150 Å². The summed E-state index contributed by atoms with van der Waals surface area (Å²) in [6, 6.07) is 4.23. The third-order valence-corrected chi connectivity index (χ3v) is 3.46. The van der Waals surface area contributed by atoms with E-state index in [1.165, 1.54) is 7.11 Å². The van der Waals surface area contributed by atoms with E-state index in [-0.39, 0.29) is 23.9 Å². The van der Waals surface area contributed by atoms with Crippen LogP contribution in [0.25, 0.3) is 0 Å². The molecule has 26 heavy (non-hydrogen) atoms. The standard InChI is InChI=1S/C17H21N5O4/c1-9(2)21-22-17-19-13(15(24)20-17)8-14(23)18-12-6-5-10(3)7-11(12)16(25)26-4/h5-7,13H,8H2,1-4H3,(H,18,23)(H2,19,20,22,24). The van der Waals surface area contributed by atoms with Gasteiger partial charge in [-0.25, -0.2) is 4.79 Å². The molecule has 2 rings (SSSR count). The van der Waals surface area contributed by atoms with Gasteiger partial charge in [0.15, 0.2) is 0 Å². The molecule has 1 aliphatic heterocycles. The summed E-state index contributed by atoms with van der Waals surface area (Å²) in [7, 11) is 1.27. The molecule has 0 aliphatic carbocycles. The van der Waals surface area contributed by atoms with Crippen LogP contribution in [0.4, 0.5) is 5.69 Å². The number of ether oxygens (including phenoxy) is 1. The molecule has 9 heteroatoms. The Balaban J connectivity index is 2.06. The van der Waals surface area contributed by atoms with Crippen LogP contribution in [-0.2, 0) is 14.3 Å². The van der Waals surface area contributed by atoms with E-state index in [2.05, 4.69) is 26.2 Å². The fraction of sp³-hybridized carbons (Fsp3) is 0.353. The van der Waals surface area contributed by atoms with E-state index in [9.17, 15) is 14.4 Å². The van der Waals surface area contributed by atoms with Gasteiger partial charge >= 0.3 is 5.97 Å². The third kappa shape index (κ3) is 4.88. The van der Waals surface area contributed by atoms with Crippen molar-refractivity contribution in [2.24, 2.45) is 10.2 Å². The molecular weight excluding hydrogens is 338 g/mol. The predicted octanol–water partition coefficient (Wildman–Crippen LogP) is 0.950. The number of nitrogens with one attached hydrogen (secondary N) is 3. The van der Waals surface area contributed by atoms with Gasteiger partial charge in [-0.15, -0.1) is 5.10 Å². The van der Waals surface area contributed by atoms with Crippen LogP contribution >= 0.6 is 0 Å². The number of carbonyl (C=O) groups excluding carboxylic acids is 3. The number of benzene rings is 1. The molecule has 1 aromatic rings. The molecule has 0 radical (unpaired) electrons. The molecule has 1 aliphatic rings. The van der Waals surface area contributed by atoms with Gasteiger partial charge in [0, 0.05) is 5.71 Å². The van der Waals surface area contributed by atoms with Gasteiger partial charge in [0.05, 0.1) is 24.8 Å². The number of esters is 1. The van der Waals surface area contributed by atoms with Crippen LogP contribution in [0.1, 0.15) is 36.2 Å². The second-order valence-electron chi connectivity index (χ2n) is 5.97. The Kier molecular flexibility index (Phi) is 6.05. The topological polar surface area (TPSA) is 121 Å². The maximum absolute atomic E-state index is 12.3. The first-order valence-corrected chi connectivity index (χ1v) is 7.95. The van der Waals surface area contributed by atoms with Gasteiger partial charge in [0.25, 0.3) is 0 Å². The molecule has 138 valence electrons. The lowest BCUT2D eigenvalue weighted by molar-refractivity contribution is -0.124. The SMILES string of the molecule is COC(=O)c1cc(C)ccc1NC(=O)CC1NC(=NN=C(C)C)NC1=O. The van der Waals surface area contributed by atoms with E-state index in [1.807, 2.05) is 6.92 Å². The zero-order valence-corrected chi connectivity index (χ0v) is 15.0. The largest absolute Gasteiger partial charge is 0.465 e. The van der Waals surface area contributed by atoms with Crippen molar-refractivity contribution in [1.82, 2.24) is 10.6 Å². The molecule has 0 saturated carbocycles. The van der Waals surface area contributed by atoms with Crippen LogP contribution in [0.2, 0.25) is 0 Å². The van der Waals surface area contributed by atoms with Crippen LogP contribution in [0.3, 0.4) is 0 Å². The van der Waals surface area contributed by atoms with Gasteiger partial charge in [0.2, 0.25) is 17.8 Å². The first-order valence-electron chi connectivity index (χ1n) is 7.95. The van der Waals surface area contributed by atoms with Gasteiger partial charge in [0.1, 0.15) is 6.04 Å². The molecule has 9 nitrogen and oxygen atoms in total. The number of rotatable bonds is 5. The molecule has 1 atom stereocenters. The number of guanidine groups is 1. The summed E-state index contributed by atoms with van der Waals surface area (Å²) in [5.41, 5.74) is 2.16. The van der Waals surface area contributed by atoms with E-state index in [1.54, 1.807) is 32.0 Å². The maximum Gasteiger partial charge on any atom is 0.339 e. The van der Waals surface area contributed by atoms with Crippen molar-refractivity contribution in [2.75, 3.05) is 12.4 Å². The summed E-state index contributed by atoms with van der Waals surface area (Å²) in [5, 5.41) is 15.6. The van der Waals surface area contributed by atoms with E-state index >= 15 is 0 Å². The molecule has 1 aromatic carbocycles. The highest BCUT2D eigenvalue weighted by Gasteiger charge is 2.30. The first-order chi connectivity index (χ1) is 12.3. The Morgan fingerprint density at radius 3 is 2.69 bits per heavy atom. The first kappa shape index (κ1) is 19.1. The van der Waals surface area contributed by atoms with Crippen molar-refractivity contribution in [3.8, 4) is 0 Å². The Bertz CT molecular complexity index is 796. The van der Waals surface area contributed by atoms with Crippen molar-refractivity contribution in [2.45, 2.75) is 33.2 Å². The predicted molar refractivity (Wildman–Crippen MR) is 97.0 cm³/mol. The molecular formula is C17H21N5O4. The second kappa shape index (κ2) is 8.24. The number of amides is 2. The van der Waals surface area contributed by atoms with Crippen LogP contribution in [-0.4, -0.2) is 42.6 Å². The highest BCUT2D eigenvalue weighted by molar-refractivity contribution is 6.09. The zero-order chi connectivity index (χ0) is 19.3. The minimum Gasteiger partial charge on any atom is -0.465 e. The molecule has 1 heterocycles.